The molecule has 1 saturated heterocycles. The van der Waals surface area contributed by atoms with Gasteiger partial charge in [-0.15, -0.1) is 0 Å². The lowest BCUT2D eigenvalue weighted by Crippen LogP contribution is -2.53. The second-order valence-electron chi connectivity index (χ2n) is 6.57. The van der Waals surface area contributed by atoms with Crippen LogP contribution in [-0.4, -0.2) is 42.8 Å². The van der Waals surface area contributed by atoms with E-state index in [1.807, 2.05) is 0 Å². The molecule has 0 spiro atoms. The van der Waals surface area contributed by atoms with Gasteiger partial charge in [0, 0.05) is 19.6 Å². The zero-order valence-electron chi connectivity index (χ0n) is 11.6. The fourth-order valence-corrected chi connectivity index (χ4v) is 3.72. The van der Waals surface area contributed by atoms with Gasteiger partial charge in [-0.2, -0.15) is 0 Å². The maximum atomic E-state index is 5.96. The number of nitrogens with two attached hydrogens (primary N) is 1. The quantitative estimate of drug-likeness (QED) is 0.818. The van der Waals surface area contributed by atoms with Crippen LogP contribution in [0, 0.1) is 11.8 Å². The van der Waals surface area contributed by atoms with Crippen molar-refractivity contribution in [1.29, 1.82) is 0 Å². The maximum Gasteiger partial charge on any atom is 0.0757 e. The minimum atomic E-state index is 0.00841. The predicted octanol–water partition coefficient (Wildman–Crippen LogP) is 1.86. The normalized spacial score (nSPS) is 38.5. The van der Waals surface area contributed by atoms with E-state index in [0.29, 0.717) is 6.10 Å². The number of hydrogen-bond donors (Lipinski definition) is 1. The first-order valence-corrected chi connectivity index (χ1v) is 7.10. The summed E-state index contributed by atoms with van der Waals surface area (Å²) in [5.41, 5.74) is 5.88. The Labute approximate surface area is 106 Å². The van der Waals surface area contributed by atoms with Gasteiger partial charge in [0.05, 0.1) is 11.7 Å². The number of ether oxygens (including phenoxy) is 1. The second-order valence-corrected chi connectivity index (χ2v) is 6.57. The molecule has 2 N–H and O–H groups in total. The summed E-state index contributed by atoms with van der Waals surface area (Å²) in [6, 6.07) is 0. The van der Waals surface area contributed by atoms with E-state index in [1.54, 1.807) is 0 Å². The molecule has 0 aromatic heterocycles. The van der Waals surface area contributed by atoms with Crippen LogP contribution in [0.2, 0.25) is 0 Å². The second kappa shape index (κ2) is 5.25. The Morgan fingerprint density at radius 2 is 2.00 bits per heavy atom. The molecular weight excluding hydrogens is 212 g/mol. The molecule has 2 fully saturated rings. The van der Waals surface area contributed by atoms with Crippen LogP contribution in [0.4, 0.5) is 0 Å². The molecule has 1 saturated carbocycles. The summed E-state index contributed by atoms with van der Waals surface area (Å²) in [7, 11) is 0. The van der Waals surface area contributed by atoms with Gasteiger partial charge in [0.25, 0.3) is 0 Å². The largest absolute Gasteiger partial charge is 0.370 e. The first-order valence-electron chi connectivity index (χ1n) is 7.10. The molecule has 1 aliphatic carbocycles. The fourth-order valence-electron chi connectivity index (χ4n) is 3.72. The van der Waals surface area contributed by atoms with Gasteiger partial charge in [0.1, 0.15) is 0 Å². The molecule has 3 nitrogen and oxygen atoms in total. The van der Waals surface area contributed by atoms with E-state index in [-0.39, 0.29) is 5.60 Å². The standard InChI is InChI=1S/C14H28N2O/c1-11-8-16(10-14(2,3)17-11)9-13-6-4-5-12(13)7-15/h11-13H,4-10,15H2,1-3H3. The summed E-state index contributed by atoms with van der Waals surface area (Å²) < 4.78 is 5.96. The number of hydrogen-bond acceptors (Lipinski definition) is 3. The van der Waals surface area contributed by atoms with Crippen molar-refractivity contribution in [2.45, 2.75) is 51.7 Å². The Hall–Kier alpha value is -0.120. The lowest BCUT2D eigenvalue weighted by Gasteiger charge is -2.43. The zero-order valence-corrected chi connectivity index (χ0v) is 11.6. The van der Waals surface area contributed by atoms with Crippen LogP contribution in [-0.2, 0) is 4.74 Å². The van der Waals surface area contributed by atoms with Crippen LogP contribution in [0.5, 0.6) is 0 Å². The Bertz CT molecular complexity index is 255. The molecule has 100 valence electrons. The highest BCUT2D eigenvalue weighted by Gasteiger charge is 2.34. The van der Waals surface area contributed by atoms with Crippen molar-refractivity contribution < 1.29 is 4.74 Å². The highest BCUT2D eigenvalue weighted by Crippen LogP contribution is 2.32. The van der Waals surface area contributed by atoms with Crippen LogP contribution in [0.1, 0.15) is 40.0 Å². The highest BCUT2D eigenvalue weighted by atomic mass is 16.5. The average molecular weight is 240 g/mol. The number of nitrogens with zero attached hydrogens (tertiary/aromatic N) is 1. The summed E-state index contributed by atoms with van der Waals surface area (Å²) in [6.07, 6.45) is 4.44. The highest BCUT2D eigenvalue weighted by molar-refractivity contribution is 4.86. The van der Waals surface area contributed by atoms with Gasteiger partial charge in [-0.25, -0.2) is 0 Å². The third-order valence-electron chi connectivity index (χ3n) is 4.25. The maximum absolute atomic E-state index is 5.96. The summed E-state index contributed by atoms with van der Waals surface area (Å²) >= 11 is 0. The Morgan fingerprint density at radius 1 is 1.29 bits per heavy atom. The summed E-state index contributed by atoms with van der Waals surface area (Å²) in [4.78, 5) is 2.59. The SMILES string of the molecule is CC1CN(CC2CCCC2CN)CC(C)(C)O1. The molecule has 0 radical (unpaired) electrons. The van der Waals surface area contributed by atoms with Crippen molar-refractivity contribution in [1.82, 2.24) is 4.90 Å². The minimum Gasteiger partial charge on any atom is -0.370 e. The van der Waals surface area contributed by atoms with Crippen molar-refractivity contribution in [2.75, 3.05) is 26.2 Å². The molecule has 3 atom stereocenters. The lowest BCUT2D eigenvalue weighted by atomic mass is 9.94. The molecule has 1 aliphatic heterocycles. The number of rotatable bonds is 3. The molecule has 0 aromatic rings. The van der Waals surface area contributed by atoms with Gasteiger partial charge in [-0.1, -0.05) is 6.42 Å². The number of morpholine rings is 1. The van der Waals surface area contributed by atoms with Gasteiger partial charge >= 0.3 is 0 Å². The molecule has 0 amide bonds. The van der Waals surface area contributed by atoms with E-state index < -0.39 is 0 Å². The smallest absolute Gasteiger partial charge is 0.0757 e. The van der Waals surface area contributed by atoms with Crippen LogP contribution < -0.4 is 5.73 Å². The van der Waals surface area contributed by atoms with E-state index in [9.17, 15) is 0 Å². The molecule has 0 bridgehead atoms. The minimum absolute atomic E-state index is 0.00841. The van der Waals surface area contributed by atoms with Gasteiger partial charge < -0.3 is 10.5 Å². The molecular formula is C14H28N2O. The van der Waals surface area contributed by atoms with Gasteiger partial charge in [-0.3, -0.25) is 4.90 Å². The van der Waals surface area contributed by atoms with Gasteiger partial charge in [-0.05, 0) is 52.0 Å². The van der Waals surface area contributed by atoms with Crippen LogP contribution in [0.3, 0.4) is 0 Å². The Morgan fingerprint density at radius 3 is 2.65 bits per heavy atom. The van der Waals surface area contributed by atoms with Crippen molar-refractivity contribution in [2.24, 2.45) is 17.6 Å². The zero-order chi connectivity index (χ0) is 12.5. The monoisotopic (exact) mass is 240 g/mol. The molecule has 2 aliphatic rings. The average Bonchev–Trinajstić information content (AvgIpc) is 2.61. The Kier molecular flexibility index (Phi) is 4.11. The van der Waals surface area contributed by atoms with Crippen molar-refractivity contribution in [3.8, 4) is 0 Å². The van der Waals surface area contributed by atoms with Gasteiger partial charge in [0.2, 0.25) is 0 Å². The van der Waals surface area contributed by atoms with Crippen LogP contribution in [0.25, 0.3) is 0 Å². The molecule has 3 heteroatoms. The van der Waals surface area contributed by atoms with Crippen molar-refractivity contribution >= 4 is 0 Å². The third-order valence-corrected chi connectivity index (χ3v) is 4.25. The van der Waals surface area contributed by atoms with E-state index in [2.05, 4.69) is 25.7 Å². The molecule has 0 aromatic carbocycles. The molecule has 17 heavy (non-hydrogen) atoms. The molecule has 3 unspecified atom stereocenters. The Balaban J connectivity index is 1.89. The summed E-state index contributed by atoms with van der Waals surface area (Å²) in [5, 5.41) is 0. The lowest BCUT2D eigenvalue weighted by molar-refractivity contribution is -0.131. The summed E-state index contributed by atoms with van der Waals surface area (Å²) in [6.45, 7) is 10.8. The molecule has 1 heterocycles. The first kappa shape index (κ1) is 13.3. The predicted molar refractivity (Wildman–Crippen MR) is 71.0 cm³/mol. The van der Waals surface area contributed by atoms with E-state index in [1.165, 1.54) is 25.8 Å². The van der Waals surface area contributed by atoms with Crippen molar-refractivity contribution in [3.63, 3.8) is 0 Å². The summed E-state index contributed by atoms with van der Waals surface area (Å²) in [5.74, 6) is 1.58. The fraction of sp³-hybridized carbons (Fsp3) is 1.00. The van der Waals surface area contributed by atoms with E-state index in [0.717, 1.165) is 31.5 Å². The third kappa shape index (κ3) is 3.43. The topological polar surface area (TPSA) is 38.5 Å². The van der Waals surface area contributed by atoms with Crippen molar-refractivity contribution in [3.05, 3.63) is 0 Å². The van der Waals surface area contributed by atoms with E-state index >= 15 is 0 Å². The molecule has 2 rings (SSSR count). The first-order chi connectivity index (χ1) is 8.00. The van der Waals surface area contributed by atoms with Gasteiger partial charge in [0.15, 0.2) is 0 Å². The van der Waals surface area contributed by atoms with E-state index in [4.69, 9.17) is 10.5 Å². The van der Waals surface area contributed by atoms with Crippen LogP contribution in [0.15, 0.2) is 0 Å². The van der Waals surface area contributed by atoms with Crippen LogP contribution >= 0.6 is 0 Å².